The Morgan fingerprint density at radius 2 is 1.56 bits per heavy atom. The molecule has 3 aromatic rings. The van der Waals surface area contributed by atoms with Gasteiger partial charge in [-0.2, -0.15) is 0 Å². The van der Waals surface area contributed by atoms with Gasteiger partial charge in [-0.05, 0) is 78.6 Å². The van der Waals surface area contributed by atoms with Crippen molar-refractivity contribution in [3.05, 3.63) is 77.1 Å². The molecule has 0 aromatic heterocycles. The highest BCUT2D eigenvalue weighted by molar-refractivity contribution is 5.80. The molecule has 1 heterocycles. The molecule has 0 atom stereocenters. The molecule has 0 spiro atoms. The van der Waals surface area contributed by atoms with Crippen LogP contribution in [0.5, 0.6) is 5.75 Å². The molecule has 0 saturated carbocycles. The smallest absolute Gasteiger partial charge is 0.131 e. The van der Waals surface area contributed by atoms with Gasteiger partial charge in [0.05, 0.1) is 6.61 Å². The Balaban J connectivity index is 1.49. The summed E-state index contributed by atoms with van der Waals surface area (Å²) >= 11 is 0. The second kappa shape index (κ2) is 11.1. The third-order valence-electron chi connectivity index (χ3n) is 6.86. The van der Waals surface area contributed by atoms with Gasteiger partial charge in [0, 0.05) is 31.7 Å². The van der Waals surface area contributed by atoms with Gasteiger partial charge in [-0.15, -0.1) is 0 Å². The van der Waals surface area contributed by atoms with Crippen LogP contribution in [0.1, 0.15) is 36.0 Å². The first-order valence-corrected chi connectivity index (χ1v) is 12.2. The van der Waals surface area contributed by atoms with Crippen molar-refractivity contribution in [3.8, 4) is 28.0 Å². The van der Waals surface area contributed by atoms with Gasteiger partial charge < -0.3 is 15.4 Å². The average molecular weight is 465 g/mol. The molecule has 2 N–H and O–H groups in total. The van der Waals surface area contributed by atoms with E-state index in [0.717, 1.165) is 65.2 Å². The molecule has 1 aliphatic heterocycles. The summed E-state index contributed by atoms with van der Waals surface area (Å²) in [6, 6.07) is 17.3. The lowest BCUT2D eigenvalue weighted by Crippen LogP contribution is -2.35. The van der Waals surface area contributed by atoms with Crippen molar-refractivity contribution in [2.45, 2.75) is 45.8 Å². The van der Waals surface area contributed by atoms with E-state index in [2.05, 4.69) is 24.0 Å². The Hall–Kier alpha value is -2.76. The van der Waals surface area contributed by atoms with Crippen LogP contribution in [0.3, 0.4) is 0 Å². The molecule has 1 saturated heterocycles. The number of benzene rings is 3. The number of rotatable bonds is 8. The fraction of sp³-hybridized carbons (Fsp3) is 0.379. The monoisotopic (exact) mass is 464 g/mol. The van der Waals surface area contributed by atoms with E-state index in [1.807, 2.05) is 43.3 Å². The first-order chi connectivity index (χ1) is 16.5. The van der Waals surface area contributed by atoms with Crippen molar-refractivity contribution in [1.29, 1.82) is 0 Å². The topological polar surface area (TPSA) is 38.5 Å². The van der Waals surface area contributed by atoms with Crippen LogP contribution in [0, 0.1) is 19.7 Å². The second-order valence-corrected chi connectivity index (χ2v) is 9.14. The van der Waals surface area contributed by atoms with Crippen LogP contribution in [-0.2, 0) is 6.54 Å². The van der Waals surface area contributed by atoms with Crippen molar-refractivity contribution in [2.24, 2.45) is 5.73 Å². The van der Waals surface area contributed by atoms with Crippen LogP contribution in [0.25, 0.3) is 22.3 Å². The van der Waals surface area contributed by atoms with Crippen LogP contribution in [0.15, 0.2) is 54.6 Å². The summed E-state index contributed by atoms with van der Waals surface area (Å²) in [5.41, 5.74) is 12.1. The fourth-order valence-electron chi connectivity index (χ4n) is 4.78. The molecule has 180 valence electrons. The molecule has 5 heteroatoms. The Bertz CT molecular complexity index is 1120. The Kier molecular flexibility index (Phi) is 7.96. The summed E-state index contributed by atoms with van der Waals surface area (Å²) in [6.07, 6.45) is 1.55. The molecule has 0 bridgehead atoms. The number of hydrogen-bond acceptors (Lipinski definition) is 3. The lowest BCUT2D eigenvalue weighted by Gasteiger charge is -2.28. The highest BCUT2D eigenvalue weighted by atomic mass is 19.1. The largest absolute Gasteiger partial charge is 0.493 e. The summed E-state index contributed by atoms with van der Waals surface area (Å²) in [4.78, 5) is 2.32. The number of hydrogen-bond donors (Lipinski definition) is 1. The maximum Gasteiger partial charge on any atom is 0.131 e. The third kappa shape index (κ3) is 5.48. The number of likely N-dealkylation sites (tertiary alicyclic amines) is 1. The van der Waals surface area contributed by atoms with Gasteiger partial charge in [0.2, 0.25) is 0 Å². The summed E-state index contributed by atoms with van der Waals surface area (Å²) in [5.74, 6) is 0.607. The number of nitrogens with zero attached hydrogens (tertiary/aromatic N) is 1. The van der Waals surface area contributed by atoms with Crippen LogP contribution in [-0.4, -0.2) is 37.3 Å². The molecule has 1 aliphatic rings. The van der Waals surface area contributed by atoms with Crippen LogP contribution in [0.2, 0.25) is 0 Å². The second-order valence-electron chi connectivity index (χ2n) is 9.14. The lowest BCUT2D eigenvalue weighted by molar-refractivity contribution is 0.143. The zero-order valence-electron chi connectivity index (χ0n) is 20.1. The molecule has 0 radical (unpaired) electrons. The minimum absolute atomic E-state index is 0.257. The molecular weight excluding hydrogens is 430 g/mol. The lowest BCUT2D eigenvalue weighted by atomic mass is 9.90. The third-order valence-corrected chi connectivity index (χ3v) is 6.86. The molecule has 3 aromatic carbocycles. The predicted molar refractivity (Wildman–Crippen MR) is 135 cm³/mol. The van der Waals surface area contributed by atoms with Crippen molar-refractivity contribution < 1.29 is 13.5 Å². The molecule has 0 amide bonds. The van der Waals surface area contributed by atoms with Crippen LogP contribution in [0.4, 0.5) is 8.78 Å². The number of halogens is 2. The summed E-state index contributed by atoms with van der Waals surface area (Å²) < 4.78 is 34.3. The molecular formula is C29H34F2N2O. The zero-order chi connectivity index (χ0) is 24.1. The van der Waals surface area contributed by atoms with Crippen molar-refractivity contribution in [2.75, 3.05) is 26.2 Å². The highest BCUT2D eigenvalue weighted by Crippen LogP contribution is 2.37. The van der Waals surface area contributed by atoms with E-state index >= 15 is 0 Å². The van der Waals surface area contributed by atoms with Crippen molar-refractivity contribution in [3.63, 3.8) is 0 Å². The first kappa shape index (κ1) is 24.4. The number of ether oxygens (including phenoxy) is 1. The zero-order valence-corrected chi connectivity index (χ0v) is 20.1. The van der Waals surface area contributed by atoms with Gasteiger partial charge in [0.25, 0.3) is 0 Å². The number of alkyl halides is 1. The van der Waals surface area contributed by atoms with E-state index in [1.165, 1.54) is 6.07 Å². The van der Waals surface area contributed by atoms with Gasteiger partial charge >= 0.3 is 0 Å². The van der Waals surface area contributed by atoms with E-state index < -0.39 is 6.17 Å². The highest BCUT2D eigenvalue weighted by Gasteiger charge is 2.18. The Morgan fingerprint density at radius 1 is 0.912 bits per heavy atom. The standard InChI is InChI=1S/C29H34F2N2O/c1-20-24(6-3-7-25(20)27-11-10-22(19-32)18-28(27)31)26-8-4-9-29(21(26)2)34-17-5-14-33-15-12-23(30)13-16-33/h3-4,6-11,18,23H,5,12-17,19,32H2,1-2H3. The number of nitrogens with two attached hydrogens (primary N) is 1. The van der Waals surface area contributed by atoms with Gasteiger partial charge in [0.1, 0.15) is 17.7 Å². The van der Waals surface area contributed by atoms with Crippen molar-refractivity contribution in [1.82, 2.24) is 4.90 Å². The minimum Gasteiger partial charge on any atom is -0.493 e. The molecule has 34 heavy (non-hydrogen) atoms. The molecule has 4 rings (SSSR count). The predicted octanol–water partition coefficient (Wildman–Crippen LogP) is 6.44. The summed E-state index contributed by atoms with van der Waals surface area (Å²) in [6.45, 7) is 7.65. The SMILES string of the molecule is Cc1c(OCCCN2CCC(F)CC2)cccc1-c1cccc(-c2ccc(CN)cc2F)c1C. The number of piperidine rings is 1. The average Bonchev–Trinajstić information content (AvgIpc) is 2.84. The van der Waals surface area contributed by atoms with Crippen LogP contribution >= 0.6 is 0 Å². The molecule has 0 unspecified atom stereocenters. The molecule has 3 nitrogen and oxygen atoms in total. The van der Waals surface area contributed by atoms with Gasteiger partial charge in [-0.25, -0.2) is 8.78 Å². The molecule has 0 aliphatic carbocycles. The normalized spacial score (nSPS) is 15.0. The first-order valence-electron chi connectivity index (χ1n) is 12.2. The van der Waals surface area contributed by atoms with E-state index in [1.54, 1.807) is 0 Å². The van der Waals surface area contributed by atoms with Gasteiger partial charge in [-0.3, -0.25) is 0 Å². The quantitative estimate of drug-likeness (QED) is 0.390. The summed E-state index contributed by atoms with van der Waals surface area (Å²) in [5, 5.41) is 0. The summed E-state index contributed by atoms with van der Waals surface area (Å²) in [7, 11) is 0. The minimum atomic E-state index is -0.637. The fourth-order valence-corrected chi connectivity index (χ4v) is 4.78. The van der Waals surface area contributed by atoms with E-state index in [-0.39, 0.29) is 5.82 Å². The molecule has 1 fully saturated rings. The Labute approximate surface area is 201 Å². The maximum absolute atomic E-state index is 14.8. The van der Waals surface area contributed by atoms with Crippen LogP contribution < -0.4 is 10.5 Å². The van der Waals surface area contributed by atoms with Gasteiger partial charge in [-0.1, -0.05) is 42.5 Å². The van der Waals surface area contributed by atoms with E-state index in [0.29, 0.717) is 31.6 Å². The van der Waals surface area contributed by atoms with E-state index in [9.17, 15) is 8.78 Å². The maximum atomic E-state index is 14.8. The van der Waals surface area contributed by atoms with Gasteiger partial charge in [0.15, 0.2) is 0 Å². The van der Waals surface area contributed by atoms with Crippen molar-refractivity contribution >= 4 is 0 Å². The van der Waals surface area contributed by atoms with E-state index in [4.69, 9.17) is 10.5 Å². The Morgan fingerprint density at radius 3 is 2.24 bits per heavy atom.